The first-order chi connectivity index (χ1) is 5.06. The predicted octanol–water partition coefficient (Wildman–Crippen LogP) is 0.700. The Morgan fingerprint density at radius 3 is 2.27 bits per heavy atom. The highest BCUT2D eigenvalue weighted by molar-refractivity contribution is 5.71. The van der Waals surface area contributed by atoms with Crippen LogP contribution in [0, 0.1) is 0 Å². The minimum Gasteiger partial charge on any atom is -0.477 e. The maximum Gasteiger partial charge on any atom is 0.362 e. The average molecular weight is 158 g/mol. The molecular weight excluding hydrogens is 142 g/mol. The fraction of sp³-hybridized carbons (Fsp3) is 0.875. The number of rotatable bonds is 2. The largest absolute Gasteiger partial charge is 0.477 e. The van der Waals surface area contributed by atoms with E-state index in [0.717, 1.165) is 17.6 Å². The van der Waals surface area contributed by atoms with Crippen LogP contribution in [0.25, 0.3) is 0 Å². The average Bonchev–Trinajstić information content (AvgIpc) is 2.35. The van der Waals surface area contributed by atoms with E-state index in [-0.39, 0.29) is 6.04 Å². The molecule has 1 unspecified atom stereocenters. The van der Waals surface area contributed by atoms with Crippen molar-refractivity contribution in [1.82, 2.24) is 0 Å². The monoisotopic (exact) mass is 158 g/mol. The SMILES string of the molecule is CC(C(=O)O)[N+]1(C)CCCC1. The van der Waals surface area contributed by atoms with Crippen LogP contribution in [-0.4, -0.2) is 41.7 Å². The fourth-order valence-electron chi connectivity index (χ4n) is 1.71. The lowest BCUT2D eigenvalue weighted by molar-refractivity contribution is -0.911. The number of hydrogen-bond acceptors (Lipinski definition) is 1. The van der Waals surface area contributed by atoms with Gasteiger partial charge in [-0.3, -0.25) is 0 Å². The molecule has 3 nitrogen and oxygen atoms in total. The first-order valence-corrected chi connectivity index (χ1v) is 4.13. The number of aliphatic carboxylic acids is 1. The summed E-state index contributed by atoms with van der Waals surface area (Å²) in [7, 11) is 2.03. The van der Waals surface area contributed by atoms with Crippen LogP contribution >= 0.6 is 0 Å². The molecule has 0 aromatic carbocycles. The van der Waals surface area contributed by atoms with E-state index < -0.39 is 5.97 Å². The highest BCUT2D eigenvalue weighted by atomic mass is 16.4. The maximum atomic E-state index is 10.7. The third-order valence-electron chi connectivity index (χ3n) is 2.88. The highest BCUT2D eigenvalue weighted by Gasteiger charge is 2.36. The molecule has 1 heterocycles. The fourth-order valence-corrected chi connectivity index (χ4v) is 1.71. The minimum atomic E-state index is -0.672. The van der Waals surface area contributed by atoms with Gasteiger partial charge < -0.3 is 9.59 Å². The van der Waals surface area contributed by atoms with Crippen molar-refractivity contribution in [2.24, 2.45) is 0 Å². The van der Waals surface area contributed by atoms with E-state index in [1.165, 1.54) is 12.8 Å². The third kappa shape index (κ3) is 1.53. The van der Waals surface area contributed by atoms with Crippen LogP contribution in [0.3, 0.4) is 0 Å². The number of hydrogen-bond donors (Lipinski definition) is 1. The van der Waals surface area contributed by atoms with E-state index >= 15 is 0 Å². The van der Waals surface area contributed by atoms with Crippen LogP contribution in [-0.2, 0) is 4.79 Å². The van der Waals surface area contributed by atoms with Crippen molar-refractivity contribution in [2.45, 2.75) is 25.8 Å². The van der Waals surface area contributed by atoms with Gasteiger partial charge in [0.05, 0.1) is 20.1 Å². The summed E-state index contributed by atoms with van der Waals surface area (Å²) in [6.45, 7) is 3.84. The first kappa shape index (κ1) is 8.53. The molecule has 0 spiro atoms. The van der Waals surface area contributed by atoms with Crippen LogP contribution in [0.1, 0.15) is 19.8 Å². The molecular formula is C8H16NO2+. The van der Waals surface area contributed by atoms with E-state index in [4.69, 9.17) is 5.11 Å². The quantitative estimate of drug-likeness (QED) is 0.601. The van der Waals surface area contributed by atoms with Gasteiger partial charge in [-0.2, -0.15) is 0 Å². The summed E-state index contributed by atoms with van der Waals surface area (Å²) in [6, 6.07) is -0.238. The Kier molecular flexibility index (Phi) is 2.18. The molecule has 1 fully saturated rings. The van der Waals surface area contributed by atoms with Crippen molar-refractivity contribution in [3.63, 3.8) is 0 Å². The van der Waals surface area contributed by atoms with Crippen molar-refractivity contribution < 1.29 is 14.4 Å². The first-order valence-electron chi connectivity index (χ1n) is 4.13. The van der Waals surface area contributed by atoms with Gasteiger partial charge in [0.1, 0.15) is 0 Å². The third-order valence-corrected chi connectivity index (χ3v) is 2.88. The molecule has 3 heteroatoms. The molecule has 0 saturated carbocycles. The van der Waals surface area contributed by atoms with Gasteiger partial charge in [0, 0.05) is 12.8 Å². The number of quaternary nitrogens is 1. The predicted molar refractivity (Wildman–Crippen MR) is 42.3 cm³/mol. The summed E-state index contributed by atoms with van der Waals surface area (Å²) in [4.78, 5) is 10.7. The van der Waals surface area contributed by atoms with E-state index in [0.29, 0.717) is 0 Å². The van der Waals surface area contributed by atoms with Crippen molar-refractivity contribution >= 4 is 5.97 Å². The van der Waals surface area contributed by atoms with Crippen molar-refractivity contribution in [3.8, 4) is 0 Å². The molecule has 1 aliphatic heterocycles. The van der Waals surface area contributed by atoms with Crippen LogP contribution in [0.4, 0.5) is 0 Å². The smallest absolute Gasteiger partial charge is 0.362 e. The van der Waals surface area contributed by atoms with Gasteiger partial charge in [-0.15, -0.1) is 0 Å². The van der Waals surface area contributed by atoms with E-state index in [1.807, 2.05) is 7.05 Å². The molecule has 0 amide bonds. The second-order valence-corrected chi connectivity index (χ2v) is 3.65. The van der Waals surface area contributed by atoms with Crippen LogP contribution in [0.15, 0.2) is 0 Å². The van der Waals surface area contributed by atoms with Gasteiger partial charge in [-0.25, -0.2) is 4.79 Å². The second kappa shape index (κ2) is 2.81. The zero-order valence-electron chi connectivity index (χ0n) is 7.21. The Balaban J connectivity index is 2.63. The summed E-state index contributed by atoms with van der Waals surface area (Å²) >= 11 is 0. The lowest BCUT2D eigenvalue weighted by Crippen LogP contribution is -2.52. The normalized spacial score (nSPS) is 24.9. The van der Waals surface area contributed by atoms with E-state index in [1.54, 1.807) is 6.92 Å². The van der Waals surface area contributed by atoms with E-state index in [2.05, 4.69) is 0 Å². The lowest BCUT2D eigenvalue weighted by Gasteiger charge is -2.32. The number of likely N-dealkylation sites (tertiary alicyclic amines) is 1. The maximum absolute atomic E-state index is 10.7. The molecule has 0 radical (unpaired) electrons. The summed E-state index contributed by atoms with van der Waals surface area (Å²) in [5, 5.41) is 8.79. The summed E-state index contributed by atoms with van der Waals surface area (Å²) < 4.78 is 0.718. The highest BCUT2D eigenvalue weighted by Crippen LogP contribution is 2.20. The van der Waals surface area contributed by atoms with Gasteiger partial charge in [-0.05, 0) is 6.92 Å². The van der Waals surface area contributed by atoms with E-state index in [9.17, 15) is 4.79 Å². The van der Waals surface area contributed by atoms with Gasteiger partial charge in [0.15, 0.2) is 6.04 Å². The van der Waals surface area contributed by atoms with Gasteiger partial charge in [0.25, 0.3) is 0 Å². The molecule has 0 aliphatic carbocycles. The molecule has 1 atom stereocenters. The molecule has 0 aromatic heterocycles. The molecule has 1 rings (SSSR count). The number of carboxylic acid groups (broad SMARTS) is 1. The Morgan fingerprint density at radius 2 is 1.91 bits per heavy atom. The summed E-state index contributed by atoms with van der Waals surface area (Å²) in [6.07, 6.45) is 2.35. The molecule has 11 heavy (non-hydrogen) atoms. The molecule has 0 bridgehead atoms. The Bertz CT molecular complexity index is 161. The standard InChI is InChI=1S/C8H15NO2/c1-7(8(10)11)9(2)5-3-4-6-9/h7H,3-6H2,1-2H3/p+1. The van der Waals surface area contributed by atoms with Gasteiger partial charge in [-0.1, -0.05) is 0 Å². The van der Waals surface area contributed by atoms with Crippen molar-refractivity contribution in [2.75, 3.05) is 20.1 Å². The van der Waals surface area contributed by atoms with Crippen LogP contribution in [0.2, 0.25) is 0 Å². The van der Waals surface area contributed by atoms with Crippen molar-refractivity contribution in [1.29, 1.82) is 0 Å². The van der Waals surface area contributed by atoms with Gasteiger partial charge >= 0.3 is 5.97 Å². The molecule has 0 aromatic rings. The Hall–Kier alpha value is -0.570. The molecule has 1 saturated heterocycles. The summed E-state index contributed by atoms with van der Waals surface area (Å²) in [5.74, 6) is -0.672. The number of nitrogens with zero attached hydrogens (tertiary/aromatic N) is 1. The number of carbonyl (C=O) groups is 1. The minimum absolute atomic E-state index is 0.238. The lowest BCUT2D eigenvalue weighted by atomic mass is 10.2. The Morgan fingerprint density at radius 1 is 1.45 bits per heavy atom. The molecule has 64 valence electrons. The van der Waals surface area contributed by atoms with Crippen LogP contribution in [0.5, 0.6) is 0 Å². The Labute approximate surface area is 67.2 Å². The molecule has 1 aliphatic rings. The molecule has 1 N–H and O–H groups in total. The zero-order valence-corrected chi connectivity index (χ0v) is 7.21. The number of carboxylic acids is 1. The number of likely N-dealkylation sites (N-methyl/N-ethyl adjacent to an activating group) is 1. The summed E-state index contributed by atoms with van der Waals surface area (Å²) in [5.41, 5.74) is 0. The van der Waals surface area contributed by atoms with Gasteiger partial charge in [0.2, 0.25) is 0 Å². The van der Waals surface area contributed by atoms with Crippen LogP contribution < -0.4 is 0 Å². The van der Waals surface area contributed by atoms with Crippen molar-refractivity contribution in [3.05, 3.63) is 0 Å². The second-order valence-electron chi connectivity index (χ2n) is 3.65. The zero-order chi connectivity index (χ0) is 8.48. The topological polar surface area (TPSA) is 37.3 Å².